The largest absolute Gasteiger partial charge is 0.312 e. The molecule has 0 aliphatic heterocycles. The summed E-state index contributed by atoms with van der Waals surface area (Å²) < 4.78 is 0. The van der Waals surface area contributed by atoms with E-state index in [0.717, 1.165) is 6.54 Å². The molecule has 0 saturated heterocycles. The van der Waals surface area contributed by atoms with Crippen molar-refractivity contribution in [2.75, 3.05) is 6.54 Å². The second kappa shape index (κ2) is 5.61. The van der Waals surface area contributed by atoms with Crippen LogP contribution < -0.4 is 10.6 Å². The summed E-state index contributed by atoms with van der Waals surface area (Å²) in [5.74, 6) is 0. The van der Waals surface area contributed by atoms with Crippen LogP contribution in [-0.2, 0) is 0 Å². The molecule has 1 saturated carbocycles. The lowest BCUT2D eigenvalue weighted by Gasteiger charge is -2.49. The second-order valence-corrected chi connectivity index (χ2v) is 10.3. The third-order valence-corrected chi connectivity index (χ3v) is 4.13. The Kier molecular flexibility index (Phi) is 5.04. The van der Waals surface area contributed by atoms with Crippen LogP contribution in [0.3, 0.4) is 0 Å². The van der Waals surface area contributed by atoms with Gasteiger partial charge in [0.05, 0.1) is 0 Å². The zero-order chi connectivity index (χ0) is 15.8. The zero-order valence-corrected chi connectivity index (χ0v) is 15.4. The Labute approximate surface area is 127 Å². The van der Waals surface area contributed by atoms with E-state index in [4.69, 9.17) is 0 Å². The van der Waals surface area contributed by atoms with E-state index in [1.165, 1.54) is 19.3 Å². The Morgan fingerprint density at radius 3 is 1.90 bits per heavy atom. The quantitative estimate of drug-likeness (QED) is 0.804. The average molecular weight is 283 g/mol. The second-order valence-electron chi connectivity index (χ2n) is 10.3. The van der Waals surface area contributed by atoms with Crippen molar-refractivity contribution in [3.8, 4) is 0 Å². The topological polar surface area (TPSA) is 24.1 Å². The predicted octanol–water partition coefficient (Wildman–Crippen LogP) is 4.35. The third kappa shape index (κ3) is 6.58. The molecule has 0 aromatic rings. The highest BCUT2D eigenvalue weighted by Crippen LogP contribution is 2.46. The summed E-state index contributed by atoms with van der Waals surface area (Å²) in [6.45, 7) is 22.0. The Balaban J connectivity index is 2.75. The number of hydrogen-bond acceptors (Lipinski definition) is 2. The molecule has 1 aliphatic rings. The van der Waals surface area contributed by atoms with Crippen molar-refractivity contribution in [3.63, 3.8) is 0 Å². The van der Waals surface area contributed by atoms with Gasteiger partial charge in [-0.25, -0.2) is 0 Å². The lowest BCUT2D eigenvalue weighted by molar-refractivity contribution is 0.0567. The molecule has 0 aromatic carbocycles. The normalized spacial score (nSPS) is 31.4. The zero-order valence-electron chi connectivity index (χ0n) is 15.4. The van der Waals surface area contributed by atoms with Gasteiger partial charge in [-0.15, -0.1) is 0 Å². The average Bonchev–Trinajstić information content (AvgIpc) is 2.07. The molecule has 20 heavy (non-hydrogen) atoms. The van der Waals surface area contributed by atoms with Crippen LogP contribution >= 0.6 is 0 Å². The van der Waals surface area contributed by atoms with Crippen molar-refractivity contribution in [2.45, 2.75) is 98.7 Å². The van der Waals surface area contributed by atoms with E-state index in [1.54, 1.807) is 0 Å². The fraction of sp³-hybridized carbons (Fsp3) is 1.00. The van der Waals surface area contributed by atoms with Gasteiger partial charge >= 0.3 is 0 Å². The van der Waals surface area contributed by atoms with Gasteiger partial charge in [-0.3, -0.25) is 0 Å². The van der Waals surface area contributed by atoms with Crippen LogP contribution in [0.4, 0.5) is 0 Å². The van der Waals surface area contributed by atoms with E-state index in [2.05, 4.69) is 72.9 Å². The minimum atomic E-state index is 0.205. The highest BCUT2D eigenvalue weighted by molar-refractivity contribution is 4.97. The first kappa shape index (κ1) is 18.0. The van der Waals surface area contributed by atoms with Crippen molar-refractivity contribution >= 4 is 0 Å². The maximum absolute atomic E-state index is 3.84. The summed E-state index contributed by atoms with van der Waals surface area (Å²) in [6.07, 6.45) is 3.87. The van der Waals surface area contributed by atoms with E-state index in [-0.39, 0.29) is 11.1 Å². The maximum atomic E-state index is 3.84. The van der Waals surface area contributed by atoms with Gasteiger partial charge in [0.15, 0.2) is 0 Å². The van der Waals surface area contributed by atoms with Crippen LogP contribution in [0.5, 0.6) is 0 Å². The molecular formula is C18H38N2. The van der Waals surface area contributed by atoms with E-state index in [9.17, 15) is 0 Å². The monoisotopic (exact) mass is 282 g/mol. The summed E-state index contributed by atoms with van der Waals surface area (Å²) >= 11 is 0. The van der Waals surface area contributed by atoms with Crippen LogP contribution in [-0.4, -0.2) is 23.7 Å². The molecule has 1 fully saturated rings. The summed E-state index contributed by atoms with van der Waals surface area (Å²) in [5.41, 5.74) is 1.22. The van der Waals surface area contributed by atoms with E-state index < -0.39 is 0 Å². The molecule has 1 rings (SSSR count). The minimum Gasteiger partial charge on any atom is -0.312 e. The maximum Gasteiger partial charge on any atom is 0.00991 e. The van der Waals surface area contributed by atoms with Gasteiger partial charge in [0, 0.05) is 23.7 Å². The molecule has 120 valence electrons. The Bertz CT molecular complexity index is 317. The molecule has 2 atom stereocenters. The summed E-state index contributed by atoms with van der Waals surface area (Å²) in [7, 11) is 0. The van der Waals surface area contributed by atoms with Gasteiger partial charge in [-0.2, -0.15) is 0 Å². The van der Waals surface area contributed by atoms with Crippen LogP contribution in [0, 0.1) is 10.8 Å². The Hall–Kier alpha value is -0.0800. The van der Waals surface area contributed by atoms with Crippen LogP contribution in [0.25, 0.3) is 0 Å². The molecule has 0 aromatic heterocycles. The van der Waals surface area contributed by atoms with Gasteiger partial charge < -0.3 is 10.6 Å². The molecule has 0 heterocycles. The fourth-order valence-electron chi connectivity index (χ4n) is 3.96. The van der Waals surface area contributed by atoms with E-state index in [0.29, 0.717) is 16.9 Å². The van der Waals surface area contributed by atoms with Crippen LogP contribution in [0.2, 0.25) is 0 Å². The molecule has 2 nitrogen and oxygen atoms in total. The molecule has 1 aliphatic carbocycles. The smallest absolute Gasteiger partial charge is 0.00991 e. The molecule has 0 bridgehead atoms. The lowest BCUT2D eigenvalue weighted by atomic mass is 9.62. The molecule has 0 radical (unpaired) electrons. The first-order valence-corrected chi connectivity index (χ1v) is 8.23. The highest BCUT2D eigenvalue weighted by Gasteiger charge is 2.42. The molecular weight excluding hydrogens is 244 g/mol. The third-order valence-electron chi connectivity index (χ3n) is 4.13. The van der Waals surface area contributed by atoms with Crippen molar-refractivity contribution in [1.82, 2.24) is 10.6 Å². The van der Waals surface area contributed by atoms with Gasteiger partial charge in [0.25, 0.3) is 0 Å². The summed E-state index contributed by atoms with van der Waals surface area (Å²) in [6, 6.07) is 0.630. The fourth-order valence-corrected chi connectivity index (χ4v) is 3.96. The van der Waals surface area contributed by atoms with Crippen molar-refractivity contribution in [2.24, 2.45) is 10.8 Å². The molecule has 2 unspecified atom stereocenters. The standard InChI is InChI=1S/C18H38N2/c1-15(2,3)19-13-18(9)11-14(20-16(4,5)6)10-17(7,8)12-18/h14,19-20H,10-13H2,1-9H3. The number of rotatable bonds is 3. The summed E-state index contributed by atoms with van der Waals surface area (Å²) in [5, 5.41) is 7.56. The Morgan fingerprint density at radius 2 is 1.45 bits per heavy atom. The summed E-state index contributed by atoms with van der Waals surface area (Å²) in [4.78, 5) is 0. The van der Waals surface area contributed by atoms with Crippen molar-refractivity contribution in [1.29, 1.82) is 0 Å². The molecule has 0 spiro atoms. The van der Waals surface area contributed by atoms with Crippen molar-refractivity contribution in [3.05, 3.63) is 0 Å². The first-order valence-electron chi connectivity index (χ1n) is 8.23. The first-order chi connectivity index (χ1) is 8.70. The van der Waals surface area contributed by atoms with Gasteiger partial charge in [-0.1, -0.05) is 20.8 Å². The lowest BCUT2D eigenvalue weighted by Crippen LogP contribution is -2.54. The van der Waals surface area contributed by atoms with E-state index >= 15 is 0 Å². The molecule has 2 heteroatoms. The van der Waals surface area contributed by atoms with Gasteiger partial charge in [-0.05, 0) is 71.6 Å². The van der Waals surface area contributed by atoms with Gasteiger partial charge in [0.1, 0.15) is 0 Å². The van der Waals surface area contributed by atoms with Gasteiger partial charge in [0.2, 0.25) is 0 Å². The minimum absolute atomic E-state index is 0.205. The molecule has 2 N–H and O–H groups in total. The van der Waals surface area contributed by atoms with Crippen LogP contribution in [0.15, 0.2) is 0 Å². The van der Waals surface area contributed by atoms with Crippen molar-refractivity contribution < 1.29 is 0 Å². The van der Waals surface area contributed by atoms with E-state index in [1.807, 2.05) is 0 Å². The Morgan fingerprint density at radius 1 is 0.900 bits per heavy atom. The highest BCUT2D eigenvalue weighted by atomic mass is 15.0. The number of hydrogen-bond donors (Lipinski definition) is 2. The molecule has 0 amide bonds. The SMILES string of the molecule is CC1(C)CC(NC(C)(C)C)CC(C)(CNC(C)(C)C)C1. The number of nitrogens with one attached hydrogen (secondary N) is 2. The predicted molar refractivity (Wildman–Crippen MR) is 90.2 cm³/mol. The van der Waals surface area contributed by atoms with Crippen LogP contribution in [0.1, 0.15) is 81.6 Å².